The van der Waals surface area contributed by atoms with Crippen LogP contribution < -0.4 is 0 Å². The molecule has 3 heteroatoms. The van der Waals surface area contributed by atoms with Crippen LogP contribution in [0.15, 0.2) is 0 Å². The van der Waals surface area contributed by atoms with E-state index in [-0.39, 0.29) is 11.4 Å². The number of carbonyl (C=O) groups is 1. The van der Waals surface area contributed by atoms with Crippen molar-refractivity contribution < 1.29 is 9.53 Å². The third-order valence-corrected chi connectivity index (χ3v) is 3.49. The molecule has 0 fully saturated rings. The molecule has 11 heavy (non-hydrogen) atoms. The Morgan fingerprint density at radius 2 is 1.64 bits per heavy atom. The summed E-state index contributed by atoms with van der Waals surface area (Å²) in [5, 5.41) is 0. The molecule has 0 heterocycles. The van der Waals surface area contributed by atoms with Gasteiger partial charge < -0.3 is 4.74 Å². The highest BCUT2D eigenvalue weighted by atomic mass is 79.9. The van der Waals surface area contributed by atoms with E-state index in [9.17, 15) is 4.79 Å². The van der Waals surface area contributed by atoms with Gasteiger partial charge in [0.2, 0.25) is 0 Å². The van der Waals surface area contributed by atoms with Gasteiger partial charge in [0.1, 0.15) is 4.32 Å². The number of rotatable bonds is 1. The molecule has 0 saturated carbocycles. The van der Waals surface area contributed by atoms with E-state index in [1.54, 1.807) is 0 Å². The van der Waals surface area contributed by atoms with Gasteiger partial charge >= 0.3 is 5.97 Å². The summed E-state index contributed by atoms with van der Waals surface area (Å²) in [7, 11) is 1.40. The lowest BCUT2D eigenvalue weighted by molar-refractivity contribution is -0.145. The van der Waals surface area contributed by atoms with Crippen LogP contribution in [-0.4, -0.2) is 17.4 Å². The zero-order chi connectivity index (χ0) is 9.28. The first kappa shape index (κ1) is 11.0. The van der Waals surface area contributed by atoms with E-state index in [2.05, 4.69) is 20.7 Å². The second kappa shape index (κ2) is 3.13. The fourth-order valence-electron chi connectivity index (χ4n) is 0.498. The van der Waals surface area contributed by atoms with Gasteiger partial charge in [0, 0.05) is 0 Å². The third-order valence-electron chi connectivity index (χ3n) is 1.98. The molecule has 0 aromatic rings. The highest BCUT2D eigenvalue weighted by Crippen LogP contribution is 2.38. The van der Waals surface area contributed by atoms with Crippen molar-refractivity contribution in [3.8, 4) is 0 Å². The molecule has 0 bridgehead atoms. The number of alkyl halides is 1. The number of esters is 1. The smallest absolute Gasteiger partial charge is 0.322 e. The van der Waals surface area contributed by atoms with Gasteiger partial charge in [-0.2, -0.15) is 0 Å². The molecule has 0 aliphatic heterocycles. The van der Waals surface area contributed by atoms with Crippen molar-refractivity contribution in [3.63, 3.8) is 0 Å². The fraction of sp³-hybridized carbons (Fsp3) is 0.875. The molecule has 0 rings (SSSR count). The zero-order valence-electron chi connectivity index (χ0n) is 7.69. The number of ether oxygens (including phenoxy) is 1. The van der Waals surface area contributed by atoms with Gasteiger partial charge in [-0.15, -0.1) is 0 Å². The van der Waals surface area contributed by atoms with Crippen LogP contribution in [0.25, 0.3) is 0 Å². The van der Waals surface area contributed by atoms with Crippen molar-refractivity contribution in [1.29, 1.82) is 0 Å². The number of hydrogen-bond donors (Lipinski definition) is 0. The number of hydrogen-bond acceptors (Lipinski definition) is 2. The van der Waals surface area contributed by atoms with Crippen LogP contribution in [-0.2, 0) is 9.53 Å². The van der Waals surface area contributed by atoms with Crippen LogP contribution >= 0.6 is 15.9 Å². The summed E-state index contributed by atoms with van der Waals surface area (Å²) in [6.45, 7) is 7.77. The van der Waals surface area contributed by atoms with Gasteiger partial charge in [-0.05, 0) is 12.3 Å². The molecule has 0 radical (unpaired) electrons. The highest BCUT2D eigenvalue weighted by Gasteiger charge is 2.42. The highest BCUT2D eigenvalue weighted by molar-refractivity contribution is 9.10. The molecule has 0 spiro atoms. The number of carbonyl (C=O) groups excluding carboxylic acids is 1. The molecule has 0 saturated heterocycles. The van der Waals surface area contributed by atoms with Crippen molar-refractivity contribution >= 4 is 21.9 Å². The van der Waals surface area contributed by atoms with Gasteiger partial charge in [-0.1, -0.05) is 36.7 Å². The van der Waals surface area contributed by atoms with Crippen molar-refractivity contribution in [2.24, 2.45) is 5.41 Å². The SMILES string of the molecule is COC(=O)C(C)(Br)C(C)(C)C. The van der Waals surface area contributed by atoms with Crippen LogP contribution in [0.4, 0.5) is 0 Å². The van der Waals surface area contributed by atoms with Crippen molar-refractivity contribution in [3.05, 3.63) is 0 Å². The summed E-state index contributed by atoms with van der Waals surface area (Å²) in [5.41, 5.74) is -0.139. The molecule has 0 aliphatic rings. The maximum absolute atomic E-state index is 11.2. The molecule has 0 N–H and O–H groups in total. The summed E-state index contributed by atoms with van der Waals surface area (Å²) < 4.78 is 4.05. The minimum Gasteiger partial charge on any atom is -0.468 e. The predicted octanol–water partition coefficient (Wildman–Crippen LogP) is 2.36. The van der Waals surface area contributed by atoms with Gasteiger partial charge in [-0.25, -0.2) is 0 Å². The van der Waals surface area contributed by atoms with Gasteiger partial charge in [0.15, 0.2) is 0 Å². The molecule has 66 valence electrons. The Balaban J connectivity index is 4.59. The van der Waals surface area contributed by atoms with E-state index in [0.29, 0.717) is 0 Å². The Kier molecular flexibility index (Phi) is 3.12. The first-order valence-electron chi connectivity index (χ1n) is 3.51. The third kappa shape index (κ3) is 2.19. The van der Waals surface area contributed by atoms with Gasteiger partial charge in [-0.3, -0.25) is 4.79 Å². The summed E-state index contributed by atoms with van der Waals surface area (Å²) >= 11 is 3.35. The maximum atomic E-state index is 11.2. The predicted molar refractivity (Wildman–Crippen MR) is 48.8 cm³/mol. The largest absolute Gasteiger partial charge is 0.468 e. The first-order valence-corrected chi connectivity index (χ1v) is 4.30. The number of methoxy groups -OCH3 is 1. The standard InChI is InChI=1S/C8H15BrO2/c1-7(2,3)8(4,9)6(10)11-5/h1-5H3. The molecule has 0 aliphatic carbocycles. The van der Waals surface area contributed by atoms with Gasteiger partial charge in [0.05, 0.1) is 7.11 Å². The van der Waals surface area contributed by atoms with Gasteiger partial charge in [0.25, 0.3) is 0 Å². The summed E-state index contributed by atoms with van der Waals surface area (Å²) in [4.78, 5) is 11.2. The molecular formula is C8H15BrO2. The van der Waals surface area contributed by atoms with Crippen LogP contribution in [0.1, 0.15) is 27.7 Å². The summed E-state index contributed by atoms with van der Waals surface area (Å²) in [5.74, 6) is -0.231. The molecular weight excluding hydrogens is 208 g/mol. The first-order chi connectivity index (χ1) is 4.73. The van der Waals surface area contributed by atoms with Crippen LogP contribution in [0.5, 0.6) is 0 Å². The molecule has 0 aromatic carbocycles. The lowest BCUT2D eigenvalue weighted by atomic mass is 9.82. The minimum atomic E-state index is -0.602. The second-order valence-corrected chi connectivity index (χ2v) is 5.33. The zero-order valence-corrected chi connectivity index (χ0v) is 9.28. The average molecular weight is 223 g/mol. The Bertz CT molecular complexity index is 156. The lowest BCUT2D eigenvalue weighted by Crippen LogP contribution is -2.42. The van der Waals surface area contributed by atoms with Crippen molar-refractivity contribution in [1.82, 2.24) is 0 Å². The summed E-state index contributed by atoms with van der Waals surface area (Å²) in [6, 6.07) is 0. The minimum absolute atomic E-state index is 0.139. The Morgan fingerprint density at radius 3 is 1.73 bits per heavy atom. The maximum Gasteiger partial charge on any atom is 0.322 e. The number of halogens is 1. The normalized spacial score (nSPS) is 17.3. The Morgan fingerprint density at radius 1 is 1.27 bits per heavy atom. The van der Waals surface area contributed by atoms with Crippen molar-refractivity contribution in [2.75, 3.05) is 7.11 Å². The molecule has 2 nitrogen and oxygen atoms in total. The van der Waals surface area contributed by atoms with E-state index >= 15 is 0 Å². The monoisotopic (exact) mass is 222 g/mol. The topological polar surface area (TPSA) is 26.3 Å². The van der Waals surface area contributed by atoms with E-state index in [1.165, 1.54) is 7.11 Å². The Hall–Kier alpha value is -0.0500. The van der Waals surface area contributed by atoms with Crippen molar-refractivity contribution in [2.45, 2.75) is 32.0 Å². The van der Waals surface area contributed by atoms with E-state index in [1.807, 2.05) is 27.7 Å². The van der Waals surface area contributed by atoms with E-state index in [4.69, 9.17) is 0 Å². The van der Waals surface area contributed by atoms with Crippen LogP contribution in [0.3, 0.4) is 0 Å². The van der Waals surface area contributed by atoms with E-state index < -0.39 is 4.32 Å². The quantitative estimate of drug-likeness (QED) is 0.503. The molecule has 1 unspecified atom stereocenters. The Labute approximate surface area is 76.4 Å². The van der Waals surface area contributed by atoms with E-state index in [0.717, 1.165) is 0 Å². The molecule has 0 aromatic heterocycles. The van der Waals surface area contributed by atoms with Crippen LogP contribution in [0, 0.1) is 5.41 Å². The molecule has 0 amide bonds. The average Bonchev–Trinajstić information content (AvgIpc) is 1.83. The fourth-order valence-corrected chi connectivity index (χ4v) is 0.660. The summed E-state index contributed by atoms with van der Waals surface area (Å²) in [6.07, 6.45) is 0. The van der Waals surface area contributed by atoms with Crippen LogP contribution in [0.2, 0.25) is 0 Å². The second-order valence-electron chi connectivity index (χ2n) is 3.74. The lowest BCUT2D eigenvalue weighted by Gasteiger charge is -2.33. The molecule has 1 atom stereocenters.